The van der Waals surface area contributed by atoms with E-state index in [-0.39, 0.29) is 0 Å². The fourth-order valence-corrected chi connectivity index (χ4v) is 2.51. The van der Waals surface area contributed by atoms with Gasteiger partial charge in [-0.25, -0.2) is 0 Å². The molecule has 0 fully saturated rings. The van der Waals surface area contributed by atoms with Crippen LogP contribution in [-0.2, 0) is 12.8 Å². The Morgan fingerprint density at radius 1 is 1.15 bits per heavy atom. The molecule has 0 amide bonds. The van der Waals surface area contributed by atoms with Crippen molar-refractivity contribution in [2.45, 2.75) is 38.5 Å². The van der Waals surface area contributed by atoms with Gasteiger partial charge in [0.25, 0.3) is 0 Å². The van der Waals surface area contributed by atoms with Crippen LogP contribution in [0.4, 0.5) is 0 Å². The van der Waals surface area contributed by atoms with E-state index in [1.807, 2.05) is 4.09 Å². The largest absolute Gasteiger partial charge is 0.180 e. The number of hydrogen-bond donors (Lipinski definition) is 1. The van der Waals surface area contributed by atoms with Gasteiger partial charge >= 0.3 is 0 Å². The molecule has 0 atom stereocenters. The van der Waals surface area contributed by atoms with Crippen molar-refractivity contribution in [2.24, 2.45) is 0 Å². The summed E-state index contributed by atoms with van der Waals surface area (Å²) in [4.78, 5) is 0. The highest BCUT2D eigenvalue weighted by Gasteiger charge is 2.14. The molecular weight excluding hydrogens is 202 g/mol. The molecule has 0 unspecified atom stereocenters. The van der Waals surface area contributed by atoms with Gasteiger partial charge in [-0.1, -0.05) is 29.7 Å². The maximum Gasteiger partial charge on any atom is 0.0870 e. The summed E-state index contributed by atoms with van der Waals surface area (Å²) in [6.07, 6.45) is 7.37. The van der Waals surface area contributed by atoms with Crippen LogP contribution < -0.4 is 0 Å². The minimum atomic E-state index is 1.09. The summed E-state index contributed by atoms with van der Waals surface area (Å²) in [7, 11) is 1.34. The summed E-state index contributed by atoms with van der Waals surface area (Å²) in [6.45, 7) is 0. The lowest BCUT2D eigenvalue weighted by atomic mass is 10.0. The molecule has 1 aliphatic carbocycles. The second-order valence-corrected chi connectivity index (χ2v) is 4.35. The first-order chi connectivity index (χ1) is 6.42. The molecule has 0 radical (unpaired) electrons. The molecule has 1 heterocycles. The third kappa shape index (κ3) is 2.02. The zero-order valence-electron chi connectivity index (χ0n) is 7.44. The number of fused-ring (bicyclic) bond motifs is 1. The first kappa shape index (κ1) is 9.40. The van der Waals surface area contributed by atoms with Crippen molar-refractivity contribution < 1.29 is 0 Å². The molecule has 3 nitrogen and oxygen atoms in total. The molecule has 0 N–H and O–H groups in total. The molecule has 0 aromatic carbocycles. The summed E-state index contributed by atoms with van der Waals surface area (Å²) in [5.41, 5.74) is 2.46. The molecule has 1 aliphatic rings. The van der Waals surface area contributed by atoms with E-state index in [9.17, 15) is 0 Å². The number of rotatable bonds is 1. The van der Waals surface area contributed by atoms with Gasteiger partial charge in [-0.2, -0.15) is 4.09 Å². The van der Waals surface area contributed by atoms with Gasteiger partial charge in [0.05, 0.1) is 11.4 Å². The molecule has 0 aliphatic heterocycles. The Morgan fingerprint density at radius 3 is 2.69 bits per heavy atom. The van der Waals surface area contributed by atoms with E-state index in [0.717, 1.165) is 12.8 Å². The second kappa shape index (κ2) is 4.37. The molecule has 0 bridgehead atoms. The number of thiol groups is 1. The topological polar surface area (TPSA) is 30.7 Å². The number of aryl methyl sites for hydroxylation is 1. The predicted octanol–water partition coefficient (Wildman–Crippen LogP) is 2.28. The van der Waals surface area contributed by atoms with Crippen LogP contribution in [0, 0.1) is 0 Å². The molecule has 2 rings (SSSR count). The van der Waals surface area contributed by atoms with Gasteiger partial charge < -0.3 is 0 Å². The van der Waals surface area contributed by atoms with Gasteiger partial charge in [-0.05, 0) is 25.7 Å². The lowest BCUT2D eigenvalue weighted by molar-refractivity contribution is 0.606. The zero-order valence-corrected chi connectivity index (χ0v) is 9.15. The second-order valence-electron chi connectivity index (χ2n) is 3.35. The van der Waals surface area contributed by atoms with Crippen molar-refractivity contribution in [2.75, 3.05) is 0 Å². The van der Waals surface area contributed by atoms with Crippen molar-refractivity contribution in [3.05, 3.63) is 11.4 Å². The summed E-state index contributed by atoms with van der Waals surface area (Å²) < 4.78 is 1.84. The van der Waals surface area contributed by atoms with E-state index in [2.05, 4.69) is 22.0 Å². The normalized spacial score (nSPS) is 17.6. The summed E-state index contributed by atoms with van der Waals surface area (Å²) in [5, 5.41) is 8.23. The van der Waals surface area contributed by atoms with Crippen LogP contribution in [0.15, 0.2) is 0 Å². The van der Waals surface area contributed by atoms with Gasteiger partial charge in [0.15, 0.2) is 0 Å². The van der Waals surface area contributed by atoms with Gasteiger partial charge in [0.2, 0.25) is 0 Å². The van der Waals surface area contributed by atoms with E-state index in [1.165, 1.54) is 48.1 Å². The van der Waals surface area contributed by atoms with Crippen LogP contribution in [0.3, 0.4) is 0 Å². The first-order valence-corrected chi connectivity index (χ1v) is 6.50. The Morgan fingerprint density at radius 2 is 1.92 bits per heavy atom. The molecule has 0 saturated heterocycles. The third-order valence-corrected chi connectivity index (χ3v) is 3.38. The van der Waals surface area contributed by atoms with E-state index in [4.69, 9.17) is 0 Å². The van der Waals surface area contributed by atoms with Crippen LogP contribution in [0.2, 0.25) is 0 Å². The van der Waals surface area contributed by atoms with Gasteiger partial charge in [-0.15, -0.1) is 5.10 Å². The quantitative estimate of drug-likeness (QED) is 0.576. The number of aromatic nitrogens is 3. The molecular formula is C8H13N3S2. The molecule has 0 spiro atoms. The van der Waals surface area contributed by atoms with E-state index in [0.29, 0.717) is 0 Å². The Labute approximate surface area is 87.2 Å². The van der Waals surface area contributed by atoms with Gasteiger partial charge in [0, 0.05) is 11.0 Å². The third-order valence-electron chi connectivity index (χ3n) is 2.47. The van der Waals surface area contributed by atoms with E-state index < -0.39 is 0 Å². The van der Waals surface area contributed by atoms with Gasteiger partial charge in [0.1, 0.15) is 0 Å². The van der Waals surface area contributed by atoms with Crippen molar-refractivity contribution in [1.82, 2.24) is 14.4 Å². The highest BCUT2D eigenvalue weighted by molar-refractivity contribution is 8.67. The molecule has 72 valence electrons. The summed E-state index contributed by atoms with van der Waals surface area (Å²) in [5.74, 6) is 0. The Kier molecular flexibility index (Phi) is 3.16. The standard InChI is InChI=1S/C8H13N3S2/c12-13-11-8-6-4-2-1-3-5-7(8)9-10-11/h12H,1-6H2. The van der Waals surface area contributed by atoms with Crippen LogP contribution >= 0.6 is 22.6 Å². The maximum absolute atomic E-state index is 4.17. The molecule has 1 aromatic rings. The Balaban J connectivity index is 2.25. The Bertz CT molecular complexity index is 285. The summed E-state index contributed by atoms with van der Waals surface area (Å²) in [6, 6.07) is 0. The molecule has 5 heteroatoms. The fourth-order valence-electron chi connectivity index (χ4n) is 1.75. The molecule has 1 aromatic heterocycles. The summed E-state index contributed by atoms with van der Waals surface area (Å²) >= 11 is 4.15. The zero-order chi connectivity index (χ0) is 9.10. The minimum Gasteiger partial charge on any atom is -0.180 e. The minimum absolute atomic E-state index is 1.09. The average molecular weight is 215 g/mol. The lowest BCUT2D eigenvalue weighted by Gasteiger charge is -2.08. The van der Waals surface area contributed by atoms with Crippen molar-refractivity contribution in [1.29, 1.82) is 0 Å². The van der Waals surface area contributed by atoms with Gasteiger partial charge in [-0.3, -0.25) is 0 Å². The highest BCUT2D eigenvalue weighted by Crippen LogP contribution is 2.21. The van der Waals surface area contributed by atoms with Crippen LogP contribution in [0.1, 0.15) is 37.1 Å². The number of hydrogen-bond acceptors (Lipinski definition) is 4. The van der Waals surface area contributed by atoms with E-state index in [1.54, 1.807) is 0 Å². The Hall–Kier alpha value is -0.160. The first-order valence-electron chi connectivity index (χ1n) is 4.67. The van der Waals surface area contributed by atoms with Crippen LogP contribution in [0.5, 0.6) is 0 Å². The average Bonchev–Trinajstić information content (AvgIpc) is 2.46. The van der Waals surface area contributed by atoms with Crippen molar-refractivity contribution in [3.63, 3.8) is 0 Å². The van der Waals surface area contributed by atoms with Crippen molar-refractivity contribution >= 4 is 22.6 Å². The smallest absolute Gasteiger partial charge is 0.0870 e. The van der Waals surface area contributed by atoms with E-state index >= 15 is 0 Å². The van der Waals surface area contributed by atoms with Crippen LogP contribution in [-0.4, -0.2) is 14.4 Å². The fraction of sp³-hybridized carbons (Fsp3) is 0.750. The molecule has 13 heavy (non-hydrogen) atoms. The maximum atomic E-state index is 4.17. The van der Waals surface area contributed by atoms with Crippen LogP contribution in [0.25, 0.3) is 0 Å². The SMILES string of the molecule is SSn1nnc2c1CCCCCC2. The monoisotopic (exact) mass is 215 g/mol. The molecule has 0 saturated carbocycles. The predicted molar refractivity (Wildman–Crippen MR) is 57.9 cm³/mol. The number of nitrogens with zero attached hydrogens (tertiary/aromatic N) is 3. The van der Waals surface area contributed by atoms with Crippen molar-refractivity contribution in [3.8, 4) is 0 Å². The lowest BCUT2D eigenvalue weighted by Crippen LogP contribution is -2.01. The highest BCUT2D eigenvalue weighted by atomic mass is 33.1.